The highest BCUT2D eigenvalue weighted by Crippen LogP contribution is 2.24. The van der Waals surface area contributed by atoms with Crippen LogP contribution in [0.15, 0.2) is 45.6 Å². The Bertz CT molecular complexity index is 823. The highest BCUT2D eigenvalue weighted by atomic mass is 16.5. The van der Waals surface area contributed by atoms with Crippen molar-refractivity contribution in [3.05, 3.63) is 53.8 Å². The van der Waals surface area contributed by atoms with E-state index in [2.05, 4.69) is 20.6 Å². The zero-order chi connectivity index (χ0) is 17.1. The van der Waals surface area contributed by atoms with Gasteiger partial charge < -0.3 is 14.4 Å². The van der Waals surface area contributed by atoms with Gasteiger partial charge in [-0.3, -0.25) is 4.79 Å². The van der Waals surface area contributed by atoms with E-state index in [0.29, 0.717) is 23.0 Å². The van der Waals surface area contributed by atoms with Crippen LogP contribution in [0.3, 0.4) is 0 Å². The van der Waals surface area contributed by atoms with Crippen LogP contribution in [0, 0.1) is 0 Å². The second-order valence-corrected chi connectivity index (χ2v) is 5.78. The molecule has 0 radical (unpaired) electrons. The zero-order valence-electron chi connectivity index (χ0n) is 13.7. The summed E-state index contributed by atoms with van der Waals surface area (Å²) in [6, 6.07) is 8.92. The van der Waals surface area contributed by atoms with Crippen LogP contribution in [0.4, 0.5) is 0 Å². The molecule has 0 bridgehead atoms. The van der Waals surface area contributed by atoms with Gasteiger partial charge in [0.25, 0.3) is 5.91 Å². The number of rotatable bonds is 5. The predicted octanol–water partition coefficient (Wildman–Crippen LogP) is 3.34. The summed E-state index contributed by atoms with van der Waals surface area (Å²) in [5.41, 5.74) is 1.14. The van der Waals surface area contributed by atoms with Gasteiger partial charge in [0, 0.05) is 11.5 Å². The first-order valence-electron chi connectivity index (χ1n) is 7.70. The number of nitrogens with one attached hydrogen (secondary N) is 1. The number of benzene rings is 1. The molecule has 3 aromatic rings. The summed E-state index contributed by atoms with van der Waals surface area (Å²) >= 11 is 0. The van der Waals surface area contributed by atoms with Crippen molar-refractivity contribution in [2.24, 2.45) is 0 Å². The second-order valence-electron chi connectivity index (χ2n) is 5.78. The molecule has 124 valence electrons. The molecule has 7 nitrogen and oxygen atoms in total. The Morgan fingerprint density at radius 3 is 2.54 bits per heavy atom. The average Bonchev–Trinajstić information content (AvgIpc) is 3.25. The van der Waals surface area contributed by atoms with Gasteiger partial charge in [-0.2, -0.15) is 4.98 Å². The number of aromatic nitrogens is 3. The van der Waals surface area contributed by atoms with Gasteiger partial charge >= 0.3 is 0 Å². The molecule has 0 aliphatic heterocycles. The summed E-state index contributed by atoms with van der Waals surface area (Å²) in [5.74, 6) is 1.25. The first-order valence-corrected chi connectivity index (χ1v) is 7.70. The third-order valence-corrected chi connectivity index (χ3v) is 3.54. The normalized spacial score (nSPS) is 12.3. The third kappa shape index (κ3) is 3.19. The summed E-state index contributed by atoms with van der Waals surface area (Å²) in [5, 5.41) is 10.5. The molecule has 24 heavy (non-hydrogen) atoms. The second kappa shape index (κ2) is 6.66. The monoisotopic (exact) mass is 326 g/mol. The summed E-state index contributed by atoms with van der Waals surface area (Å²) in [6.45, 7) is 5.73. The lowest BCUT2D eigenvalue weighted by Crippen LogP contribution is -2.27. The maximum Gasteiger partial charge on any atom is 0.257 e. The molecule has 7 heteroatoms. The molecule has 1 N–H and O–H groups in total. The molecule has 0 fully saturated rings. The Kier molecular flexibility index (Phi) is 4.41. The molecule has 3 rings (SSSR count). The summed E-state index contributed by atoms with van der Waals surface area (Å²) < 4.78 is 10.4. The van der Waals surface area contributed by atoms with Crippen molar-refractivity contribution in [3.63, 3.8) is 0 Å². The number of nitrogens with zero attached hydrogens (tertiary/aromatic N) is 3. The molecule has 0 unspecified atom stereocenters. The van der Waals surface area contributed by atoms with Crippen molar-refractivity contribution < 1.29 is 13.8 Å². The van der Waals surface area contributed by atoms with E-state index in [1.165, 1.54) is 6.20 Å². The molecule has 0 spiro atoms. The van der Waals surface area contributed by atoms with Crippen LogP contribution in [0.5, 0.6) is 0 Å². The molecule has 2 aromatic heterocycles. The Balaban J connectivity index is 1.77. The quantitative estimate of drug-likeness (QED) is 0.773. The average molecular weight is 326 g/mol. The minimum atomic E-state index is -0.420. The molecule has 0 aliphatic carbocycles. The van der Waals surface area contributed by atoms with Crippen molar-refractivity contribution in [2.45, 2.75) is 32.7 Å². The highest BCUT2D eigenvalue weighted by molar-refractivity contribution is 5.99. The van der Waals surface area contributed by atoms with E-state index in [0.717, 1.165) is 5.56 Å². The van der Waals surface area contributed by atoms with Gasteiger partial charge in [0.15, 0.2) is 11.6 Å². The number of carbonyl (C=O) groups is 1. The van der Waals surface area contributed by atoms with E-state index in [-0.39, 0.29) is 11.8 Å². The van der Waals surface area contributed by atoms with Crippen LogP contribution in [-0.2, 0) is 0 Å². The van der Waals surface area contributed by atoms with Crippen LogP contribution in [-0.4, -0.2) is 21.2 Å². The van der Waals surface area contributed by atoms with Gasteiger partial charge in [0.2, 0.25) is 5.89 Å². The minimum Gasteiger partial charge on any atom is -0.355 e. The van der Waals surface area contributed by atoms with E-state index in [9.17, 15) is 4.79 Å². The molecular formula is C17H18N4O3. The first kappa shape index (κ1) is 15.9. The maximum absolute atomic E-state index is 12.5. The number of hydrogen-bond acceptors (Lipinski definition) is 6. The van der Waals surface area contributed by atoms with Gasteiger partial charge in [0.1, 0.15) is 11.6 Å². The fourth-order valence-corrected chi connectivity index (χ4v) is 2.19. The van der Waals surface area contributed by atoms with Gasteiger partial charge in [-0.05, 0) is 6.92 Å². The smallest absolute Gasteiger partial charge is 0.257 e. The minimum absolute atomic E-state index is 0.160. The summed E-state index contributed by atoms with van der Waals surface area (Å²) in [7, 11) is 0. The van der Waals surface area contributed by atoms with Crippen molar-refractivity contribution >= 4 is 5.91 Å². The Labute approximate surface area is 139 Å². The zero-order valence-corrected chi connectivity index (χ0v) is 13.7. The van der Waals surface area contributed by atoms with Crippen molar-refractivity contribution in [1.29, 1.82) is 0 Å². The fourth-order valence-electron chi connectivity index (χ4n) is 2.19. The van der Waals surface area contributed by atoms with Crippen molar-refractivity contribution in [1.82, 2.24) is 20.6 Å². The first-order chi connectivity index (χ1) is 11.6. The summed E-state index contributed by atoms with van der Waals surface area (Å²) in [4.78, 5) is 16.8. The number of hydrogen-bond donors (Lipinski definition) is 1. The number of amides is 1. The van der Waals surface area contributed by atoms with E-state index in [1.807, 2.05) is 44.2 Å². The van der Waals surface area contributed by atoms with Crippen LogP contribution < -0.4 is 5.32 Å². The van der Waals surface area contributed by atoms with Crippen LogP contribution >= 0.6 is 0 Å². The summed E-state index contributed by atoms with van der Waals surface area (Å²) in [6.07, 6.45) is 1.40. The Morgan fingerprint density at radius 2 is 1.88 bits per heavy atom. The molecule has 0 saturated carbocycles. The standard InChI is InChI=1S/C17H18N4O3/c1-10(2)15-20-17(24-21-15)11(3)19-16(22)13-9-18-23-14(13)12-7-5-4-6-8-12/h4-11H,1-3H3,(H,19,22)/t11-/m1/s1. The number of carbonyl (C=O) groups excluding carboxylic acids is 1. The molecule has 1 aromatic carbocycles. The van der Waals surface area contributed by atoms with Crippen LogP contribution in [0.1, 0.15) is 54.8 Å². The Morgan fingerprint density at radius 1 is 1.12 bits per heavy atom. The maximum atomic E-state index is 12.5. The molecule has 1 amide bonds. The van der Waals surface area contributed by atoms with Crippen LogP contribution in [0.2, 0.25) is 0 Å². The lowest BCUT2D eigenvalue weighted by Gasteiger charge is -2.09. The van der Waals surface area contributed by atoms with Gasteiger partial charge in [0.05, 0.1) is 6.20 Å². The molecule has 2 heterocycles. The van der Waals surface area contributed by atoms with Crippen molar-refractivity contribution in [3.8, 4) is 11.3 Å². The fraction of sp³-hybridized carbons (Fsp3) is 0.294. The SMILES string of the molecule is CC(C)c1noc([C@@H](C)NC(=O)c2cnoc2-c2ccccc2)n1. The lowest BCUT2D eigenvalue weighted by molar-refractivity contribution is 0.0932. The topological polar surface area (TPSA) is 94.1 Å². The molecule has 0 aliphatic rings. The molecule has 0 saturated heterocycles. The van der Waals surface area contributed by atoms with E-state index in [1.54, 1.807) is 6.92 Å². The predicted molar refractivity (Wildman–Crippen MR) is 86.2 cm³/mol. The molecular weight excluding hydrogens is 308 g/mol. The van der Waals surface area contributed by atoms with E-state index >= 15 is 0 Å². The third-order valence-electron chi connectivity index (χ3n) is 3.54. The van der Waals surface area contributed by atoms with Gasteiger partial charge in [-0.15, -0.1) is 0 Å². The van der Waals surface area contributed by atoms with Gasteiger partial charge in [-0.1, -0.05) is 54.5 Å². The molecule has 1 atom stereocenters. The largest absolute Gasteiger partial charge is 0.355 e. The Hall–Kier alpha value is -2.96. The van der Waals surface area contributed by atoms with E-state index < -0.39 is 6.04 Å². The van der Waals surface area contributed by atoms with Crippen LogP contribution in [0.25, 0.3) is 11.3 Å². The lowest BCUT2D eigenvalue weighted by atomic mass is 10.1. The van der Waals surface area contributed by atoms with Crippen molar-refractivity contribution in [2.75, 3.05) is 0 Å². The highest BCUT2D eigenvalue weighted by Gasteiger charge is 2.22. The van der Waals surface area contributed by atoms with Gasteiger partial charge in [-0.25, -0.2) is 0 Å². The van der Waals surface area contributed by atoms with E-state index in [4.69, 9.17) is 9.05 Å².